The fraction of sp³-hybridized carbons (Fsp3) is 0.800. The molecule has 1 aromatic heterocycles. The second kappa shape index (κ2) is 5.84. The van der Waals surface area contributed by atoms with Crippen LogP contribution >= 0.6 is 0 Å². The monoisotopic (exact) mass is 278 g/mol. The van der Waals surface area contributed by atoms with Gasteiger partial charge in [0, 0.05) is 51.0 Å². The SMILES string of the molecule is CC(C)(CN1CCCn2cncc2C1)N1CCOCC1. The number of aromatic nitrogens is 2. The number of hydrogen-bond donors (Lipinski definition) is 0. The van der Waals surface area contributed by atoms with Gasteiger partial charge in [-0.05, 0) is 20.3 Å². The van der Waals surface area contributed by atoms with Crippen molar-refractivity contribution in [3.05, 3.63) is 18.2 Å². The minimum atomic E-state index is 0.207. The van der Waals surface area contributed by atoms with Crippen molar-refractivity contribution in [3.63, 3.8) is 0 Å². The summed E-state index contributed by atoms with van der Waals surface area (Å²) in [7, 11) is 0. The van der Waals surface area contributed by atoms with E-state index in [0.717, 1.165) is 45.9 Å². The van der Waals surface area contributed by atoms with Gasteiger partial charge in [0.25, 0.3) is 0 Å². The highest BCUT2D eigenvalue weighted by atomic mass is 16.5. The Morgan fingerprint density at radius 2 is 2.00 bits per heavy atom. The average molecular weight is 278 g/mol. The lowest BCUT2D eigenvalue weighted by Gasteiger charge is -2.43. The molecule has 0 amide bonds. The number of ether oxygens (including phenoxy) is 1. The highest BCUT2D eigenvalue weighted by molar-refractivity contribution is 5.00. The second-order valence-electron chi connectivity index (χ2n) is 6.55. The first-order chi connectivity index (χ1) is 9.65. The van der Waals surface area contributed by atoms with E-state index >= 15 is 0 Å². The van der Waals surface area contributed by atoms with Crippen LogP contribution in [-0.4, -0.2) is 64.3 Å². The summed E-state index contributed by atoms with van der Waals surface area (Å²) < 4.78 is 7.77. The Morgan fingerprint density at radius 1 is 1.20 bits per heavy atom. The highest BCUT2D eigenvalue weighted by Crippen LogP contribution is 2.20. The van der Waals surface area contributed by atoms with Gasteiger partial charge in [0.15, 0.2) is 0 Å². The Hall–Kier alpha value is -0.910. The van der Waals surface area contributed by atoms with Crippen LogP contribution in [0, 0.1) is 0 Å². The number of nitrogens with zero attached hydrogens (tertiary/aromatic N) is 4. The average Bonchev–Trinajstić information content (AvgIpc) is 2.79. The molecule has 0 unspecified atom stereocenters. The van der Waals surface area contributed by atoms with Gasteiger partial charge in [0.1, 0.15) is 0 Å². The van der Waals surface area contributed by atoms with Crippen LogP contribution in [0.2, 0.25) is 0 Å². The van der Waals surface area contributed by atoms with Crippen LogP contribution in [0.3, 0.4) is 0 Å². The van der Waals surface area contributed by atoms with Crippen molar-refractivity contribution >= 4 is 0 Å². The molecule has 112 valence electrons. The van der Waals surface area contributed by atoms with Crippen LogP contribution in [0.5, 0.6) is 0 Å². The lowest BCUT2D eigenvalue weighted by atomic mass is 10.0. The quantitative estimate of drug-likeness (QED) is 0.832. The Balaban J connectivity index is 1.64. The molecule has 0 aliphatic carbocycles. The molecule has 2 aliphatic heterocycles. The van der Waals surface area contributed by atoms with Crippen molar-refractivity contribution in [2.24, 2.45) is 0 Å². The predicted molar refractivity (Wildman–Crippen MR) is 78.6 cm³/mol. The summed E-state index contributed by atoms with van der Waals surface area (Å²) in [6, 6.07) is 0. The smallest absolute Gasteiger partial charge is 0.0948 e. The van der Waals surface area contributed by atoms with E-state index in [0.29, 0.717) is 0 Å². The van der Waals surface area contributed by atoms with Crippen LogP contribution in [0.1, 0.15) is 26.0 Å². The summed E-state index contributed by atoms with van der Waals surface area (Å²) in [5.74, 6) is 0. The number of imidazole rings is 1. The molecule has 0 N–H and O–H groups in total. The Labute approximate surface area is 121 Å². The molecule has 3 rings (SSSR count). The lowest BCUT2D eigenvalue weighted by molar-refractivity contribution is -0.0224. The normalized spacial score (nSPS) is 22.5. The van der Waals surface area contributed by atoms with E-state index in [1.54, 1.807) is 0 Å². The molecule has 5 nitrogen and oxygen atoms in total. The molecular formula is C15H26N4O. The molecule has 0 radical (unpaired) electrons. The van der Waals surface area contributed by atoms with Gasteiger partial charge in [-0.15, -0.1) is 0 Å². The highest BCUT2D eigenvalue weighted by Gasteiger charge is 2.30. The molecule has 0 saturated carbocycles. The molecule has 20 heavy (non-hydrogen) atoms. The summed E-state index contributed by atoms with van der Waals surface area (Å²) in [5.41, 5.74) is 1.55. The maximum Gasteiger partial charge on any atom is 0.0948 e. The van der Waals surface area contributed by atoms with Gasteiger partial charge in [-0.3, -0.25) is 9.80 Å². The zero-order chi connectivity index (χ0) is 14.0. The molecular weight excluding hydrogens is 252 g/mol. The zero-order valence-corrected chi connectivity index (χ0v) is 12.7. The van der Waals surface area contributed by atoms with Gasteiger partial charge in [-0.25, -0.2) is 4.98 Å². The van der Waals surface area contributed by atoms with E-state index in [2.05, 4.69) is 33.2 Å². The molecule has 0 bridgehead atoms. The molecule has 1 fully saturated rings. The third-order valence-electron chi connectivity index (χ3n) is 4.54. The number of hydrogen-bond acceptors (Lipinski definition) is 4. The van der Waals surface area contributed by atoms with Crippen molar-refractivity contribution in [2.45, 2.75) is 38.9 Å². The number of morpholine rings is 1. The molecule has 0 aromatic carbocycles. The fourth-order valence-corrected chi connectivity index (χ4v) is 3.40. The fourth-order valence-electron chi connectivity index (χ4n) is 3.40. The Morgan fingerprint density at radius 3 is 2.80 bits per heavy atom. The maximum atomic E-state index is 5.47. The van der Waals surface area contributed by atoms with E-state index in [-0.39, 0.29) is 5.54 Å². The van der Waals surface area contributed by atoms with E-state index in [4.69, 9.17) is 4.74 Å². The van der Waals surface area contributed by atoms with Gasteiger partial charge in [0.2, 0.25) is 0 Å². The number of rotatable bonds is 3. The molecule has 3 heterocycles. The molecule has 2 aliphatic rings. The minimum Gasteiger partial charge on any atom is -0.379 e. The van der Waals surface area contributed by atoms with Crippen molar-refractivity contribution in [1.29, 1.82) is 0 Å². The number of fused-ring (bicyclic) bond motifs is 1. The molecule has 0 spiro atoms. The third kappa shape index (κ3) is 3.05. The summed E-state index contributed by atoms with van der Waals surface area (Å²) >= 11 is 0. The van der Waals surface area contributed by atoms with Crippen LogP contribution in [0.4, 0.5) is 0 Å². The Bertz CT molecular complexity index is 437. The minimum absolute atomic E-state index is 0.207. The zero-order valence-electron chi connectivity index (χ0n) is 12.7. The first-order valence-corrected chi connectivity index (χ1v) is 7.69. The standard InChI is InChI=1S/C15H26N4O/c1-15(2,19-6-8-20-9-7-19)12-17-4-3-5-18-13-16-10-14(18)11-17/h10,13H,3-9,11-12H2,1-2H3. The van der Waals surface area contributed by atoms with Crippen molar-refractivity contribution < 1.29 is 4.74 Å². The van der Waals surface area contributed by atoms with Gasteiger partial charge >= 0.3 is 0 Å². The summed E-state index contributed by atoms with van der Waals surface area (Å²) in [6.45, 7) is 13.0. The van der Waals surface area contributed by atoms with E-state index < -0.39 is 0 Å². The van der Waals surface area contributed by atoms with Crippen LogP contribution in [0.15, 0.2) is 12.5 Å². The first-order valence-electron chi connectivity index (χ1n) is 7.69. The third-order valence-corrected chi connectivity index (χ3v) is 4.54. The van der Waals surface area contributed by atoms with Crippen LogP contribution in [-0.2, 0) is 17.8 Å². The summed E-state index contributed by atoms with van der Waals surface area (Å²) in [5, 5.41) is 0. The molecule has 0 atom stereocenters. The summed E-state index contributed by atoms with van der Waals surface area (Å²) in [4.78, 5) is 9.42. The van der Waals surface area contributed by atoms with Gasteiger partial charge < -0.3 is 9.30 Å². The van der Waals surface area contributed by atoms with Gasteiger partial charge in [0.05, 0.1) is 25.2 Å². The van der Waals surface area contributed by atoms with Crippen molar-refractivity contribution in [3.8, 4) is 0 Å². The van der Waals surface area contributed by atoms with E-state index in [9.17, 15) is 0 Å². The second-order valence-corrected chi connectivity index (χ2v) is 6.55. The molecule has 1 saturated heterocycles. The van der Waals surface area contributed by atoms with Crippen LogP contribution < -0.4 is 0 Å². The topological polar surface area (TPSA) is 33.5 Å². The predicted octanol–water partition coefficient (Wildman–Crippen LogP) is 1.20. The lowest BCUT2D eigenvalue weighted by Crippen LogP contribution is -2.55. The molecule has 1 aromatic rings. The van der Waals surface area contributed by atoms with Gasteiger partial charge in [-0.1, -0.05) is 0 Å². The van der Waals surface area contributed by atoms with Crippen LogP contribution in [0.25, 0.3) is 0 Å². The largest absolute Gasteiger partial charge is 0.379 e. The Kier molecular flexibility index (Phi) is 4.10. The van der Waals surface area contributed by atoms with Crippen molar-refractivity contribution in [2.75, 3.05) is 39.4 Å². The van der Waals surface area contributed by atoms with Gasteiger partial charge in [-0.2, -0.15) is 0 Å². The van der Waals surface area contributed by atoms with Crippen molar-refractivity contribution in [1.82, 2.24) is 19.4 Å². The van der Waals surface area contributed by atoms with E-state index in [1.165, 1.54) is 18.7 Å². The number of aryl methyl sites for hydroxylation is 1. The molecule has 5 heteroatoms. The summed E-state index contributed by atoms with van der Waals surface area (Å²) in [6.07, 6.45) is 5.19. The maximum absolute atomic E-state index is 5.47. The first kappa shape index (κ1) is 14.0. The van der Waals surface area contributed by atoms with E-state index in [1.807, 2.05) is 12.5 Å².